The smallest absolute Gasteiger partial charge is 0.343 e. The number of amides is 1. The van der Waals surface area contributed by atoms with Gasteiger partial charge in [-0.05, 0) is 49.2 Å². The van der Waals surface area contributed by atoms with Gasteiger partial charge in [-0.1, -0.05) is 36.2 Å². The maximum Gasteiger partial charge on any atom is 0.343 e. The zero-order valence-corrected chi connectivity index (χ0v) is 16.0. The molecular weight excluding hydrogens is 376 g/mol. The van der Waals surface area contributed by atoms with E-state index in [4.69, 9.17) is 16.3 Å². The third kappa shape index (κ3) is 3.85. The number of nitrogens with zero attached hydrogens (tertiary/aromatic N) is 2. The molecule has 4 rings (SSSR count). The van der Waals surface area contributed by atoms with Crippen LogP contribution in [-0.4, -0.2) is 29.2 Å². The summed E-state index contributed by atoms with van der Waals surface area (Å²) in [6, 6.07) is 13.7. The van der Waals surface area contributed by atoms with Crippen LogP contribution in [-0.2, 0) is 4.79 Å². The third-order valence-corrected chi connectivity index (χ3v) is 5.08. The van der Waals surface area contributed by atoms with Crippen LogP contribution in [0.15, 0.2) is 59.2 Å². The van der Waals surface area contributed by atoms with Gasteiger partial charge in [-0.3, -0.25) is 4.79 Å². The van der Waals surface area contributed by atoms with Gasteiger partial charge in [0.05, 0.1) is 5.56 Å². The van der Waals surface area contributed by atoms with Crippen molar-refractivity contribution in [3.8, 4) is 5.75 Å². The number of amidine groups is 1. The molecule has 2 aliphatic heterocycles. The average molecular weight is 395 g/mol. The number of carbonyl (C=O) groups is 2. The number of fused-ring (bicyclic) bond motifs is 1. The second-order valence-corrected chi connectivity index (χ2v) is 7.20. The molecule has 142 valence electrons. The summed E-state index contributed by atoms with van der Waals surface area (Å²) >= 11 is 5.87. The Hall–Kier alpha value is -2.92. The first-order valence-electron chi connectivity index (χ1n) is 9.30. The molecule has 0 atom stereocenters. The quantitative estimate of drug-likeness (QED) is 0.429. The van der Waals surface area contributed by atoms with E-state index in [1.54, 1.807) is 42.5 Å². The average Bonchev–Trinajstić information content (AvgIpc) is 2.84. The lowest BCUT2D eigenvalue weighted by atomic mass is 10.1. The molecule has 2 aromatic carbocycles. The molecule has 2 aliphatic rings. The number of halogens is 1. The number of ether oxygens (including phenoxy) is 1. The predicted octanol–water partition coefficient (Wildman–Crippen LogP) is 4.71. The first-order valence-corrected chi connectivity index (χ1v) is 9.67. The highest BCUT2D eigenvalue weighted by Gasteiger charge is 2.30. The van der Waals surface area contributed by atoms with E-state index in [0.717, 1.165) is 38.1 Å². The van der Waals surface area contributed by atoms with E-state index in [-0.39, 0.29) is 5.91 Å². The Labute approximate surface area is 168 Å². The lowest BCUT2D eigenvalue weighted by Gasteiger charge is -2.18. The SMILES string of the molecule is O=C1N=C2CCCCCN2C1=Cc1ccccc1OC(=O)c1ccc(Cl)cc1. The second kappa shape index (κ2) is 7.98. The highest BCUT2D eigenvalue weighted by molar-refractivity contribution is 6.30. The molecule has 0 aromatic heterocycles. The van der Waals surface area contributed by atoms with Crippen molar-refractivity contribution in [3.63, 3.8) is 0 Å². The van der Waals surface area contributed by atoms with E-state index < -0.39 is 5.97 Å². The number of hydrogen-bond acceptors (Lipinski definition) is 4. The number of aliphatic imine (C=N–C) groups is 1. The van der Waals surface area contributed by atoms with Gasteiger partial charge in [0.15, 0.2) is 0 Å². The van der Waals surface area contributed by atoms with Crippen molar-refractivity contribution in [1.29, 1.82) is 0 Å². The Kier molecular flexibility index (Phi) is 5.26. The Bertz CT molecular complexity index is 980. The van der Waals surface area contributed by atoms with Gasteiger partial charge in [0.1, 0.15) is 17.3 Å². The number of benzene rings is 2. The predicted molar refractivity (Wildman–Crippen MR) is 108 cm³/mol. The Morgan fingerprint density at radius 2 is 1.86 bits per heavy atom. The van der Waals surface area contributed by atoms with E-state index in [1.165, 1.54) is 0 Å². The van der Waals surface area contributed by atoms with Gasteiger partial charge >= 0.3 is 5.97 Å². The standard InChI is InChI=1S/C22H19ClN2O3/c23-17-11-9-15(10-12-17)22(27)28-19-7-4-3-6-16(19)14-18-21(26)24-20-8-2-1-5-13-25(18)20/h3-4,6-7,9-12,14H,1-2,5,8,13H2. The molecule has 0 N–H and O–H groups in total. The molecule has 2 heterocycles. The van der Waals surface area contributed by atoms with E-state index in [2.05, 4.69) is 4.99 Å². The van der Waals surface area contributed by atoms with Gasteiger partial charge in [-0.15, -0.1) is 0 Å². The van der Waals surface area contributed by atoms with Gasteiger partial charge in [0.25, 0.3) is 5.91 Å². The van der Waals surface area contributed by atoms with E-state index in [0.29, 0.717) is 27.6 Å². The van der Waals surface area contributed by atoms with Crippen molar-refractivity contribution in [1.82, 2.24) is 4.90 Å². The van der Waals surface area contributed by atoms with Gasteiger partial charge in [-0.25, -0.2) is 4.79 Å². The van der Waals surface area contributed by atoms with Crippen molar-refractivity contribution in [3.05, 3.63) is 70.4 Å². The Morgan fingerprint density at radius 3 is 2.68 bits per heavy atom. The molecule has 0 bridgehead atoms. The summed E-state index contributed by atoms with van der Waals surface area (Å²) in [6.07, 6.45) is 5.78. The van der Waals surface area contributed by atoms with Crippen molar-refractivity contribution < 1.29 is 14.3 Å². The Morgan fingerprint density at radius 1 is 1.07 bits per heavy atom. The van der Waals surface area contributed by atoms with Crippen molar-refractivity contribution >= 4 is 35.4 Å². The van der Waals surface area contributed by atoms with Crippen molar-refractivity contribution in [2.24, 2.45) is 4.99 Å². The minimum atomic E-state index is -0.480. The molecule has 1 amide bonds. The molecule has 0 unspecified atom stereocenters. The highest BCUT2D eigenvalue weighted by atomic mass is 35.5. The van der Waals surface area contributed by atoms with E-state index in [9.17, 15) is 9.59 Å². The van der Waals surface area contributed by atoms with Crippen LogP contribution in [0, 0.1) is 0 Å². The highest BCUT2D eigenvalue weighted by Crippen LogP contribution is 2.28. The van der Waals surface area contributed by atoms with Crippen LogP contribution in [0.5, 0.6) is 5.75 Å². The molecule has 0 saturated carbocycles. The molecule has 0 radical (unpaired) electrons. The van der Waals surface area contributed by atoms with Crippen LogP contribution in [0.1, 0.15) is 41.6 Å². The normalized spacial score (nSPS) is 17.9. The Balaban J connectivity index is 1.61. The van der Waals surface area contributed by atoms with E-state index in [1.807, 2.05) is 17.0 Å². The molecule has 6 heteroatoms. The van der Waals surface area contributed by atoms with Crippen LogP contribution in [0.2, 0.25) is 5.02 Å². The largest absolute Gasteiger partial charge is 0.422 e. The maximum atomic E-state index is 12.5. The monoisotopic (exact) mass is 394 g/mol. The van der Waals surface area contributed by atoms with Crippen molar-refractivity contribution in [2.45, 2.75) is 25.7 Å². The number of hydrogen-bond donors (Lipinski definition) is 0. The zero-order chi connectivity index (χ0) is 19.5. The molecule has 5 nitrogen and oxygen atoms in total. The number of para-hydroxylation sites is 1. The molecule has 28 heavy (non-hydrogen) atoms. The fourth-order valence-corrected chi connectivity index (χ4v) is 3.51. The molecule has 0 spiro atoms. The van der Waals surface area contributed by atoms with Crippen LogP contribution < -0.4 is 4.74 Å². The molecule has 1 saturated heterocycles. The van der Waals surface area contributed by atoms with Gasteiger partial charge < -0.3 is 9.64 Å². The summed E-state index contributed by atoms with van der Waals surface area (Å²) in [5.74, 6) is 0.512. The summed E-state index contributed by atoms with van der Waals surface area (Å²) in [4.78, 5) is 31.1. The second-order valence-electron chi connectivity index (χ2n) is 6.76. The number of carbonyl (C=O) groups excluding carboxylic acids is 2. The summed E-state index contributed by atoms with van der Waals surface area (Å²) in [7, 11) is 0. The fourth-order valence-electron chi connectivity index (χ4n) is 3.38. The number of esters is 1. The fraction of sp³-hybridized carbons (Fsp3) is 0.227. The summed E-state index contributed by atoms with van der Waals surface area (Å²) in [5.41, 5.74) is 1.60. The third-order valence-electron chi connectivity index (χ3n) is 4.83. The lowest BCUT2D eigenvalue weighted by Crippen LogP contribution is -2.26. The zero-order valence-electron chi connectivity index (χ0n) is 15.2. The first kappa shape index (κ1) is 18.4. The minimum absolute atomic E-state index is 0.240. The lowest BCUT2D eigenvalue weighted by molar-refractivity contribution is -0.114. The summed E-state index contributed by atoms with van der Waals surface area (Å²) in [5, 5.41) is 0.551. The molecular formula is C22H19ClN2O3. The van der Waals surface area contributed by atoms with Crippen LogP contribution in [0.4, 0.5) is 0 Å². The maximum absolute atomic E-state index is 12.5. The molecule has 2 aromatic rings. The minimum Gasteiger partial charge on any atom is -0.422 e. The first-order chi connectivity index (χ1) is 13.6. The van der Waals surface area contributed by atoms with Crippen LogP contribution in [0.3, 0.4) is 0 Å². The van der Waals surface area contributed by atoms with E-state index >= 15 is 0 Å². The van der Waals surface area contributed by atoms with Gasteiger partial charge in [-0.2, -0.15) is 4.99 Å². The van der Waals surface area contributed by atoms with Crippen LogP contribution in [0.25, 0.3) is 6.08 Å². The number of rotatable bonds is 3. The van der Waals surface area contributed by atoms with Crippen LogP contribution >= 0.6 is 11.6 Å². The van der Waals surface area contributed by atoms with Gasteiger partial charge in [0, 0.05) is 23.6 Å². The molecule has 0 aliphatic carbocycles. The van der Waals surface area contributed by atoms with Crippen molar-refractivity contribution in [2.75, 3.05) is 6.54 Å². The van der Waals surface area contributed by atoms with Gasteiger partial charge in [0.2, 0.25) is 0 Å². The summed E-state index contributed by atoms with van der Waals surface area (Å²) < 4.78 is 5.58. The topological polar surface area (TPSA) is 59.0 Å². The summed E-state index contributed by atoms with van der Waals surface area (Å²) in [6.45, 7) is 0.781. The molecule has 1 fully saturated rings.